The highest BCUT2D eigenvalue weighted by Gasteiger charge is 2.28. The van der Waals surface area contributed by atoms with Crippen molar-refractivity contribution >= 4 is 13.7 Å². The highest BCUT2D eigenvalue weighted by atomic mass is 31.2. The third-order valence-electron chi connectivity index (χ3n) is 10.7. The molecule has 0 spiro atoms. The van der Waals surface area contributed by atoms with Gasteiger partial charge in [-0.05, 0) is 64.2 Å². The molecular formula is C47H94N2O6P+. The fourth-order valence-corrected chi connectivity index (χ4v) is 7.59. The number of aliphatic hydroxyl groups excluding tert-OH is 1. The number of likely N-dealkylation sites (N-methyl/N-ethyl adjacent to an activating group) is 1. The molecule has 0 saturated heterocycles. The third-order valence-corrected chi connectivity index (χ3v) is 11.7. The van der Waals surface area contributed by atoms with E-state index < -0.39 is 20.0 Å². The number of aliphatic hydroxyl groups is 1. The molecular weight excluding hydrogens is 719 g/mol. The summed E-state index contributed by atoms with van der Waals surface area (Å²) in [6.07, 6.45) is 46.3. The number of carbonyl (C=O) groups is 1. The molecule has 0 saturated carbocycles. The molecule has 9 heteroatoms. The van der Waals surface area contributed by atoms with E-state index in [0.717, 1.165) is 44.9 Å². The normalized spacial score (nSPS) is 14.5. The molecule has 0 aromatic heterocycles. The van der Waals surface area contributed by atoms with Gasteiger partial charge >= 0.3 is 7.82 Å². The number of amides is 1. The van der Waals surface area contributed by atoms with E-state index in [-0.39, 0.29) is 19.1 Å². The van der Waals surface area contributed by atoms with Crippen LogP contribution in [0, 0.1) is 0 Å². The Hall–Kier alpha value is -1.02. The first-order valence-corrected chi connectivity index (χ1v) is 25.2. The summed E-state index contributed by atoms with van der Waals surface area (Å²) in [5.74, 6) is -0.156. The zero-order valence-corrected chi connectivity index (χ0v) is 38.5. The maximum atomic E-state index is 12.9. The van der Waals surface area contributed by atoms with E-state index in [9.17, 15) is 19.4 Å². The maximum Gasteiger partial charge on any atom is 0.472 e. The molecule has 332 valence electrons. The number of phosphoric ester groups is 1. The number of unbranched alkanes of at least 4 members (excludes halogenated alkanes) is 26. The molecule has 8 nitrogen and oxygen atoms in total. The monoisotopic (exact) mass is 814 g/mol. The summed E-state index contributed by atoms with van der Waals surface area (Å²) in [6, 6.07) is -0.775. The van der Waals surface area contributed by atoms with E-state index in [0.29, 0.717) is 23.9 Å². The van der Waals surface area contributed by atoms with E-state index in [1.807, 2.05) is 21.1 Å². The molecule has 0 rings (SSSR count). The van der Waals surface area contributed by atoms with Crippen LogP contribution in [0.1, 0.15) is 219 Å². The Kier molecular flexibility index (Phi) is 38.7. The topological polar surface area (TPSA) is 105 Å². The van der Waals surface area contributed by atoms with E-state index in [1.165, 1.54) is 148 Å². The number of hydrogen-bond acceptors (Lipinski definition) is 5. The minimum absolute atomic E-state index is 0.0699. The number of nitrogens with zero attached hydrogens (tertiary/aromatic N) is 1. The minimum Gasteiger partial charge on any atom is -0.391 e. The van der Waals surface area contributed by atoms with Crippen LogP contribution < -0.4 is 5.32 Å². The van der Waals surface area contributed by atoms with Crippen molar-refractivity contribution in [3.05, 3.63) is 24.3 Å². The zero-order chi connectivity index (χ0) is 41.4. The van der Waals surface area contributed by atoms with Gasteiger partial charge in [-0.25, -0.2) is 4.57 Å². The molecule has 3 atom stereocenters. The lowest BCUT2D eigenvalue weighted by Gasteiger charge is -2.26. The first-order valence-electron chi connectivity index (χ1n) is 23.7. The molecule has 1 unspecified atom stereocenters. The van der Waals surface area contributed by atoms with Crippen LogP contribution in [0.2, 0.25) is 0 Å². The molecule has 56 heavy (non-hydrogen) atoms. The second-order valence-electron chi connectivity index (χ2n) is 17.5. The summed E-state index contributed by atoms with van der Waals surface area (Å²) in [4.78, 5) is 23.2. The number of hydrogen-bond donors (Lipinski definition) is 3. The molecule has 0 bridgehead atoms. The maximum absolute atomic E-state index is 12.9. The van der Waals surface area contributed by atoms with Gasteiger partial charge in [0.2, 0.25) is 5.91 Å². The third kappa shape index (κ3) is 41.2. The summed E-state index contributed by atoms with van der Waals surface area (Å²) >= 11 is 0. The van der Waals surface area contributed by atoms with E-state index in [1.54, 1.807) is 0 Å². The number of allylic oxidation sites excluding steroid dienone is 4. The van der Waals surface area contributed by atoms with Gasteiger partial charge in [0.1, 0.15) is 13.2 Å². The highest BCUT2D eigenvalue weighted by Crippen LogP contribution is 2.43. The second kappa shape index (κ2) is 39.4. The van der Waals surface area contributed by atoms with Gasteiger partial charge < -0.3 is 19.8 Å². The summed E-state index contributed by atoms with van der Waals surface area (Å²) in [5, 5.41) is 14.0. The second-order valence-corrected chi connectivity index (χ2v) is 18.9. The number of phosphoric acid groups is 1. The summed E-state index contributed by atoms with van der Waals surface area (Å²) in [6.45, 7) is 4.87. The number of carbonyl (C=O) groups excluding carboxylic acids is 1. The van der Waals surface area contributed by atoms with Crippen molar-refractivity contribution in [2.24, 2.45) is 0 Å². The molecule has 0 aromatic carbocycles. The smallest absolute Gasteiger partial charge is 0.391 e. The van der Waals surface area contributed by atoms with Crippen LogP contribution in [0.4, 0.5) is 0 Å². The molecule has 0 aliphatic rings. The molecule has 0 fully saturated rings. The SMILES string of the molecule is CCCCCCCC/C=C/CCCCCCCCCCCC(=O)N[C@@H](COP(=O)(O)OCC[N+](C)(C)C)[C@H](O)CCCC/C=C/CCCCCCCCCCC. The number of quaternary nitrogens is 1. The van der Waals surface area contributed by atoms with Gasteiger partial charge in [-0.15, -0.1) is 0 Å². The lowest BCUT2D eigenvalue weighted by Crippen LogP contribution is -2.46. The largest absolute Gasteiger partial charge is 0.472 e. The Morgan fingerprint density at radius 3 is 1.38 bits per heavy atom. The predicted octanol–water partition coefficient (Wildman–Crippen LogP) is 13.3. The van der Waals surface area contributed by atoms with Crippen LogP contribution in [0.15, 0.2) is 24.3 Å². The van der Waals surface area contributed by atoms with Gasteiger partial charge in [0.05, 0.1) is 39.9 Å². The van der Waals surface area contributed by atoms with Crippen molar-refractivity contribution in [2.75, 3.05) is 40.9 Å². The standard InChI is InChI=1S/C47H93N2O6P/c1-6-8-10-12-14-16-18-20-22-23-24-25-27-29-31-33-35-37-39-41-47(51)48-45(44-55-56(52,53)54-43-42-49(3,4)5)46(50)40-38-36-34-32-30-28-26-21-19-17-15-13-11-9-7-2/h20,22,30,32,45-46,50H,6-19,21,23-29,31,33-44H2,1-5H3,(H-,48,51,52,53)/p+1/b22-20+,32-30+/t45-,46+/m0/s1. The minimum atomic E-state index is -4.32. The van der Waals surface area contributed by atoms with E-state index >= 15 is 0 Å². The average molecular weight is 814 g/mol. The molecule has 0 aromatic rings. The van der Waals surface area contributed by atoms with Crippen molar-refractivity contribution in [1.29, 1.82) is 0 Å². The van der Waals surface area contributed by atoms with Gasteiger partial charge in [-0.2, -0.15) is 0 Å². The van der Waals surface area contributed by atoms with Crippen LogP contribution in [-0.4, -0.2) is 73.4 Å². The predicted molar refractivity (Wildman–Crippen MR) is 240 cm³/mol. The Bertz CT molecular complexity index is 969. The first kappa shape index (κ1) is 55.0. The van der Waals surface area contributed by atoms with Crippen LogP contribution >= 0.6 is 7.82 Å². The van der Waals surface area contributed by atoms with Gasteiger partial charge in [0, 0.05) is 6.42 Å². The van der Waals surface area contributed by atoms with Crippen LogP contribution in [0.5, 0.6) is 0 Å². The van der Waals surface area contributed by atoms with E-state index in [4.69, 9.17) is 9.05 Å². The van der Waals surface area contributed by atoms with Gasteiger partial charge in [-0.1, -0.05) is 173 Å². The summed E-state index contributed by atoms with van der Waals surface area (Å²) in [7, 11) is 1.60. The Labute approximate surface area is 347 Å². The first-order chi connectivity index (χ1) is 27.0. The average Bonchev–Trinajstić information content (AvgIpc) is 3.15. The number of rotatable bonds is 43. The van der Waals surface area contributed by atoms with E-state index in [2.05, 4.69) is 43.5 Å². The zero-order valence-electron chi connectivity index (χ0n) is 37.6. The van der Waals surface area contributed by atoms with Gasteiger partial charge in [-0.3, -0.25) is 13.8 Å². The van der Waals surface area contributed by atoms with Crippen LogP contribution in [0.3, 0.4) is 0 Å². The fourth-order valence-electron chi connectivity index (χ4n) is 6.86. The summed E-state index contributed by atoms with van der Waals surface area (Å²) < 4.78 is 23.6. The molecule has 0 aliphatic heterocycles. The van der Waals surface area contributed by atoms with Gasteiger partial charge in [0.25, 0.3) is 0 Å². The molecule has 0 radical (unpaired) electrons. The highest BCUT2D eigenvalue weighted by molar-refractivity contribution is 7.47. The van der Waals surface area contributed by atoms with Crippen LogP contribution in [0.25, 0.3) is 0 Å². The Morgan fingerprint density at radius 1 is 0.589 bits per heavy atom. The summed E-state index contributed by atoms with van der Waals surface area (Å²) in [5.41, 5.74) is 0. The fraction of sp³-hybridized carbons (Fsp3) is 0.894. The lowest BCUT2D eigenvalue weighted by atomic mass is 10.0. The van der Waals surface area contributed by atoms with Crippen LogP contribution in [-0.2, 0) is 18.4 Å². The van der Waals surface area contributed by atoms with Crippen molar-refractivity contribution in [2.45, 2.75) is 231 Å². The molecule has 0 heterocycles. The Morgan fingerprint density at radius 2 is 0.964 bits per heavy atom. The van der Waals surface area contributed by atoms with Crippen molar-refractivity contribution in [3.63, 3.8) is 0 Å². The lowest BCUT2D eigenvalue weighted by molar-refractivity contribution is -0.870. The quantitative estimate of drug-likeness (QED) is 0.0245. The number of nitrogens with one attached hydrogen (secondary N) is 1. The Balaban J connectivity index is 4.34. The van der Waals surface area contributed by atoms with Crippen molar-refractivity contribution in [1.82, 2.24) is 5.32 Å². The molecule has 1 amide bonds. The molecule has 0 aliphatic carbocycles. The molecule has 3 N–H and O–H groups in total. The van der Waals surface area contributed by atoms with Crippen molar-refractivity contribution < 1.29 is 32.9 Å². The van der Waals surface area contributed by atoms with Crippen molar-refractivity contribution in [3.8, 4) is 0 Å². The van der Waals surface area contributed by atoms with Gasteiger partial charge in [0.15, 0.2) is 0 Å².